The van der Waals surface area contributed by atoms with Crippen LogP contribution in [0.5, 0.6) is 0 Å². The molecule has 2 aromatic rings. The number of hydrogen-bond donors (Lipinski definition) is 2. The van der Waals surface area contributed by atoms with Gasteiger partial charge in [0.15, 0.2) is 0 Å². The fourth-order valence-electron chi connectivity index (χ4n) is 3.75. The van der Waals surface area contributed by atoms with E-state index in [-0.39, 0.29) is 0 Å². The van der Waals surface area contributed by atoms with E-state index in [1.807, 2.05) is 12.1 Å². The lowest BCUT2D eigenvalue weighted by Gasteiger charge is -2.37. The summed E-state index contributed by atoms with van der Waals surface area (Å²) in [6, 6.07) is 15.4. The second-order valence-corrected chi connectivity index (χ2v) is 6.23. The second kappa shape index (κ2) is 4.66. The summed E-state index contributed by atoms with van der Waals surface area (Å²) in [7, 11) is 0. The smallest absolute Gasteiger partial charge is 0.0553 e. The first-order valence-electron chi connectivity index (χ1n) is 7.61. The molecule has 2 aromatic carbocycles. The number of hydrogen-bond acceptors (Lipinski definition) is 2. The highest BCUT2D eigenvalue weighted by Crippen LogP contribution is 2.49. The summed E-state index contributed by atoms with van der Waals surface area (Å²) >= 11 is 0. The Morgan fingerprint density at radius 3 is 2.71 bits per heavy atom. The van der Waals surface area contributed by atoms with Crippen molar-refractivity contribution >= 4 is 11.4 Å². The molecule has 0 saturated carbocycles. The molecule has 21 heavy (non-hydrogen) atoms. The lowest BCUT2D eigenvalue weighted by atomic mass is 9.76. The zero-order chi connectivity index (χ0) is 14.4. The van der Waals surface area contributed by atoms with Crippen molar-refractivity contribution in [3.63, 3.8) is 0 Å². The van der Waals surface area contributed by atoms with Crippen LogP contribution >= 0.6 is 0 Å². The maximum absolute atomic E-state index is 5.82. The number of allylic oxidation sites excluding steroid dienone is 2. The monoisotopic (exact) mass is 276 g/mol. The quantitative estimate of drug-likeness (QED) is 0.598. The standard InChI is InChI=1S/C19H20N2/c1-12-5-10-18-17(11-12)15-3-2-4-16(15)19(21-18)13-6-8-14(20)9-7-13/h2-3,5-11,15-16,19,21H,4,20H2,1H3/t15-,16+,19+/m0/s1. The summed E-state index contributed by atoms with van der Waals surface area (Å²) in [6.07, 6.45) is 5.85. The average molecular weight is 276 g/mol. The molecule has 1 aliphatic carbocycles. The number of fused-ring (bicyclic) bond motifs is 3. The van der Waals surface area contributed by atoms with Crippen LogP contribution in [0.2, 0.25) is 0 Å². The fourth-order valence-corrected chi connectivity index (χ4v) is 3.75. The van der Waals surface area contributed by atoms with E-state index in [1.165, 1.54) is 22.4 Å². The van der Waals surface area contributed by atoms with Crippen molar-refractivity contribution in [3.05, 3.63) is 71.3 Å². The first kappa shape index (κ1) is 12.5. The normalized spacial score (nSPS) is 26.0. The highest BCUT2D eigenvalue weighted by atomic mass is 15.0. The van der Waals surface area contributed by atoms with E-state index in [9.17, 15) is 0 Å². The van der Waals surface area contributed by atoms with Gasteiger partial charge in [-0.15, -0.1) is 0 Å². The number of anilines is 2. The van der Waals surface area contributed by atoms with Gasteiger partial charge in [-0.1, -0.05) is 42.0 Å². The van der Waals surface area contributed by atoms with Crippen LogP contribution in [-0.4, -0.2) is 0 Å². The van der Waals surface area contributed by atoms with Crippen LogP contribution in [0, 0.1) is 12.8 Å². The van der Waals surface area contributed by atoms with Crippen LogP contribution in [0.1, 0.15) is 35.1 Å². The molecule has 0 radical (unpaired) electrons. The third kappa shape index (κ3) is 2.02. The Balaban J connectivity index is 1.78. The second-order valence-electron chi connectivity index (χ2n) is 6.23. The number of nitrogens with two attached hydrogens (primary N) is 1. The Morgan fingerprint density at radius 1 is 1.10 bits per heavy atom. The predicted molar refractivity (Wildman–Crippen MR) is 88.4 cm³/mol. The van der Waals surface area contributed by atoms with E-state index >= 15 is 0 Å². The SMILES string of the molecule is Cc1ccc2c(c1)[C@H]1C=CC[C@H]1[C@@H](c1ccc(N)cc1)N2. The molecule has 106 valence electrons. The largest absolute Gasteiger partial charge is 0.399 e. The lowest BCUT2D eigenvalue weighted by Crippen LogP contribution is -2.29. The van der Waals surface area contributed by atoms with E-state index in [1.54, 1.807) is 0 Å². The Morgan fingerprint density at radius 2 is 1.90 bits per heavy atom. The molecule has 0 spiro atoms. The molecule has 0 saturated heterocycles. The molecule has 3 N–H and O–H groups in total. The van der Waals surface area contributed by atoms with Crippen LogP contribution in [0.15, 0.2) is 54.6 Å². The minimum atomic E-state index is 0.362. The third-order valence-electron chi connectivity index (χ3n) is 4.81. The molecule has 0 unspecified atom stereocenters. The number of rotatable bonds is 1. The average Bonchev–Trinajstić information content (AvgIpc) is 2.97. The number of nitrogens with one attached hydrogen (secondary N) is 1. The first-order chi connectivity index (χ1) is 10.2. The summed E-state index contributed by atoms with van der Waals surface area (Å²) in [6.45, 7) is 2.17. The zero-order valence-electron chi connectivity index (χ0n) is 12.2. The third-order valence-corrected chi connectivity index (χ3v) is 4.81. The summed E-state index contributed by atoms with van der Waals surface area (Å²) in [5, 5.41) is 3.75. The topological polar surface area (TPSA) is 38.0 Å². The summed E-state index contributed by atoms with van der Waals surface area (Å²) in [5.74, 6) is 1.13. The van der Waals surface area contributed by atoms with E-state index in [2.05, 4.69) is 54.7 Å². The molecule has 3 atom stereocenters. The van der Waals surface area contributed by atoms with Gasteiger partial charge in [0, 0.05) is 17.3 Å². The minimum Gasteiger partial charge on any atom is -0.399 e. The van der Waals surface area contributed by atoms with Gasteiger partial charge in [0.05, 0.1) is 6.04 Å². The molecule has 0 amide bonds. The van der Waals surface area contributed by atoms with Gasteiger partial charge in [-0.3, -0.25) is 0 Å². The maximum atomic E-state index is 5.82. The highest BCUT2D eigenvalue weighted by Gasteiger charge is 2.37. The van der Waals surface area contributed by atoms with Crippen LogP contribution in [0.3, 0.4) is 0 Å². The Labute approximate surface area is 125 Å². The van der Waals surface area contributed by atoms with Crippen LogP contribution in [0.4, 0.5) is 11.4 Å². The number of nitrogen functional groups attached to an aromatic ring is 1. The van der Waals surface area contributed by atoms with E-state index in [0.717, 1.165) is 12.1 Å². The lowest BCUT2D eigenvalue weighted by molar-refractivity contribution is 0.425. The molecule has 0 bridgehead atoms. The van der Waals surface area contributed by atoms with Gasteiger partial charge in [-0.2, -0.15) is 0 Å². The molecular formula is C19H20N2. The maximum Gasteiger partial charge on any atom is 0.0553 e. The Kier molecular flexibility index (Phi) is 2.78. The summed E-state index contributed by atoms with van der Waals surface area (Å²) in [4.78, 5) is 0. The van der Waals surface area contributed by atoms with Gasteiger partial charge < -0.3 is 11.1 Å². The highest BCUT2D eigenvalue weighted by molar-refractivity contribution is 5.61. The van der Waals surface area contributed by atoms with E-state index < -0.39 is 0 Å². The Hall–Kier alpha value is -2.22. The van der Waals surface area contributed by atoms with Crippen molar-refractivity contribution in [2.24, 2.45) is 5.92 Å². The zero-order valence-corrected chi connectivity index (χ0v) is 12.2. The van der Waals surface area contributed by atoms with E-state index in [0.29, 0.717) is 17.9 Å². The van der Waals surface area contributed by atoms with E-state index in [4.69, 9.17) is 5.73 Å². The fraction of sp³-hybridized carbons (Fsp3) is 0.263. The molecule has 1 aliphatic heterocycles. The van der Waals surface area contributed by atoms with Crippen molar-refractivity contribution in [2.75, 3.05) is 11.1 Å². The van der Waals surface area contributed by atoms with Crippen molar-refractivity contribution in [1.82, 2.24) is 0 Å². The molecule has 1 heterocycles. The van der Waals surface area contributed by atoms with Gasteiger partial charge in [-0.05, 0) is 48.6 Å². The molecule has 4 rings (SSSR count). The number of aryl methyl sites for hydroxylation is 1. The van der Waals surface area contributed by atoms with Crippen molar-refractivity contribution < 1.29 is 0 Å². The predicted octanol–water partition coefficient (Wildman–Crippen LogP) is 4.40. The molecule has 2 nitrogen and oxygen atoms in total. The van der Waals surface area contributed by atoms with Crippen LogP contribution in [-0.2, 0) is 0 Å². The van der Waals surface area contributed by atoms with Crippen LogP contribution in [0.25, 0.3) is 0 Å². The van der Waals surface area contributed by atoms with Gasteiger partial charge in [0.1, 0.15) is 0 Å². The summed E-state index contributed by atoms with van der Waals surface area (Å²) in [5.41, 5.74) is 12.0. The van der Waals surface area contributed by atoms with Crippen molar-refractivity contribution in [2.45, 2.75) is 25.3 Å². The van der Waals surface area contributed by atoms with Gasteiger partial charge >= 0.3 is 0 Å². The van der Waals surface area contributed by atoms with Gasteiger partial charge in [0.25, 0.3) is 0 Å². The summed E-state index contributed by atoms with van der Waals surface area (Å²) < 4.78 is 0. The molecule has 0 aromatic heterocycles. The van der Waals surface area contributed by atoms with Crippen molar-refractivity contribution in [3.8, 4) is 0 Å². The molecule has 2 heteroatoms. The van der Waals surface area contributed by atoms with Crippen molar-refractivity contribution in [1.29, 1.82) is 0 Å². The first-order valence-corrected chi connectivity index (χ1v) is 7.61. The van der Waals surface area contributed by atoms with Gasteiger partial charge in [-0.25, -0.2) is 0 Å². The van der Waals surface area contributed by atoms with Gasteiger partial charge in [0.2, 0.25) is 0 Å². The Bertz CT molecular complexity index is 700. The molecular weight excluding hydrogens is 256 g/mol. The molecule has 0 fully saturated rings. The minimum absolute atomic E-state index is 0.362. The molecule has 2 aliphatic rings. The van der Waals surface area contributed by atoms with Crippen LogP contribution < -0.4 is 11.1 Å². The number of benzene rings is 2.